The molecule has 1 saturated heterocycles. The summed E-state index contributed by atoms with van der Waals surface area (Å²) in [6.45, 7) is 8.24. The zero-order valence-corrected chi connectivity index (χ0v) is 21.4. The molecule has 4 rings (SSSR count). The summed E-state index contributed by atoms with van der Waals surface area (Å²) in [4.78, 5) is 41.7. The number of amides is 3. The first-order valence-corrected chi connectivity index (χ1v) is 12.8. The number of hydrogen-bond donors (Lipinski definition) is 2. The molecule has 2 aliphatic heterocycles. The number of nitrogens with zero attached hydrogens (tertiary/aromatic N) is 1. The maximum atomic E-state index is 13.6. The van der Waals surface area contributed by atoms with E-state index in [9.17, 15) is 14.4 Å². The second-order valence-corrected chi connectivity index (χ2v) is 11.7. The number of hydrogen-bond acceptors (Lipinski definition) is 4. The predicted molar refractivity (Wildman–Crippen MR) is 135 cm³/mol. The molecule has 0 saturated carbocycles. The van der Waals surface area contributed by atoms with Crippen molar-refractivity contribution in [2.75, 3.05) is 0 Å². The molecular weight excluding hydrogens is 470 g/mol. The summed E-state index contributed by atoms with van der Waals surface area (Å²) < 4.78 is -0.502. The molecule has 6 nitrogen and oxygen atoms in total. The minimum Gasteiger partial charge on any atom is -0.350 e. The molecule has 2 aromatic carbocycles. The van der Waals surface area contributed by atoms with Crippen LogP contribution in [-0.4, -0.2) is 39.5 Å². The summed E-state index contributed by atoms with van der Waals surface area (Å²) in [7, 11) is 0. The van der Waals surface area contributed by atoms with Crippen molar-refractivity contribution in [2.45, 2.75) is 62.9 Å². The highest BCUT2D eigenvalue weighted by molar-refractivity contribution is 8.01. The van der Waals surface area contributed by atoms with E-state index in [1.54, 1.807) is 28.8 Å². The third-order valence-corrected chi connectivity index (χ3v) is 8.51. The Kier molecular flexibility index (Phi) is 6.97. The van der Waals surface area contributed by atoms with E-state index in [-0.39, 0.29) is 29.0 Å². The Labute approximate surface area is 209 Å². The number of rotatable bonds is 7. The number of halogens is 1. The van der Waals surface area contributed by atoms with Crippen LogP contribution in [0, 0.1) is 5.92 Å². The average molecular weight is 500 g/mol. The normalized spacial score (nSPS) is 22.0. The fourth-order valence-electron chi connectivity index (χ4n) is 4.64. The average Bonchev–Trinajstić information content (AvgIpc) is 3.25. The maximum absolute atomic E-state index is 13.6. The Morgan fingerprint density at radius 2 is 1.82 bits per heavy atom. The van der Waals surface area contributed by atoms with E-state index in [0.717, 1.165) is 17.5 Å². The molecule has 3 amide bonds. The van der Waals surface area contributed by atoms with Gasteiger partial charge in [-0.2, -0.15) is 0 Å². The topological polar surface area (TPSA) is 78.5 Å². The Morgan fingerprint density at radius 3 is 2.50 bits per heavy atom. The summed E-state index contributed by atoms with van der Waals surface area (Å²) in [5, 5.41) is 6.36. The van der Waals surface area contributed by atoms with E-state index in [2.05, 4.69) is 10.6 Å². The Morgan fingerprint density at radius 1 is 1.15 bits per heavy atom. The van der Waals surface area contributed by atoms with Crippen LogP contribution in [-0.2, 0) is 16.1 Å². The number of fused-ring (bicyclic) bond motifs is 3. The van der Waals surface area contributed by atoms with E-state index in [1.165, 1.54) is 0 Å². The highest BCUT2D eigenvalue weighted by atomic mass is 35.5. The minimum absolute atomic E-state index is 0.0754. The van der Waals surface area contributed by atoms with Gasteiger partial charge in [0.05, 0.1) is 0 Å². The lowest BCUT2D eigenvalue weighted by molar-refractivity contribution is -0.133. The lowest BCUT2D eigenvalue weighted by atomic mass is 9.95. The molecule has 0 unspecified atom stereocenters. The van der Waals surface area contributed by atoms with Crippen LogP contribution in [0.5, 0.6) is 0 Å². The molecule has 2 heterocycles. The summed E-state index contributed by atoms with van der Waals surface area (Å²) >= 11 is 7.55. The molecule has 2 aliphatic rings. The molecule has 0 radical (unpaired) electrons. The molecule has 0 aromatic heterocycles. The summed E-state index contributed by atoms with van der Waals surface area (Å²) in [6.07, 6.45) is 0.721. The third-order valence-electron chi connectivity index (χ3n) is 6.72. The van der Waals surface area contributed by atoms with Crippen molar-refractivity contribution in [1.29, 1.82) is 0 Å². The van der Waals surface area contributed by atoms with Crippen LogP contribution in [0.25, 0.3) is 0 Å². The highest BCUT2D eigenvalue weighted by Crippen LogP contribution is 2.56. The lowest BCUT2D eigenvalue weighted by Gasteiger charge is -2.32. The molecule has 0 bridgehead atoms. The van der Waals surface area contributed by atoms with Crippen LogP contribution < -0.4 is 10.6 Å². The minimum atomic E-state index is -0.704. The van der Waals surface area contributed by atoms with Gasteiger partial charge >= 0.3 is 0 Å². The molecule has 2 N–H and O–H groups in total. The highest BCUT2D eigenvalue weighted by Gasteiger charge is 2.57. The van der Waals surface area contributed by atoms with Gasteiger partial charge in [0, 0.05) is 21.9 Å². The monoisotopic (exact) mass is 499 g/mol. The third kappa shape index (κ3) is 4.56. The fourth-order valence-corrected chi connectivity index (χ4v) is 6.35. The van der Waals surface area contributed by atoms with E-state index >= 15 is 0 Å². The van der Waals surface area contributed by atoms with Crippen LogP contribution in [0.1, 0.15) is 61.0 Å². The van der Waals surface area contributed by atoms with Crippen LogP contribution in [0.2, 0.25) is 5.02 Å². The van der Waals surface area contributed by atoms with E-state index in [1.807, 2.05) is 64.1 Å². The van der Waals surface area contributed by atoms with Crippen molar-refractivity contribution in [3.8, 4) is 0 Å². The largest absolute Gasteiger partial charge is 0.350 e. The van der Waals surface area contributed by atoms with E-state index < -0.39 is 16.8 Å². The smallest absolute Gasteiger partial charge is 0.256 e. The quantitative estimate of drug-likeness (QED) is 0.586. The van der Waals surface area contributed by atoms with Gasteiger partial charge in [-0.05, 0) is 49.1 Å². The zero-order valence-electron chi connectivity index (χ0n) is 19.8. The molecule has 2 aromatic rings. The number of benzene rings is 2. The summed E-state index contributed by atoms with van der Waals surface area (Å²) in [6, 6.07) is 13.4. The molecule has 8 heteroatoms. The van der Waals surface area contributed by atoms with Gasteiger partial charge in [0.15, 0.2) is 0 Å². The van der Waals surface area contributed by atoms with Crippen molar-refractivity contribution >= 4 is 41.1 Å². The van der Waals surface area contributed by atoms with Gasteiger partial charge in [0.25, 0.3) is 5.91 Å². The lowest BCUT2D eigenvalue weighted by Crippen LogP contribution is -2.58. The summed E-state index contributed by atoms with van der Waals surface area (Å²) in [5.41, 5.74) is 2.51. The van der Waals surface area contributed by atoms with E-state index in [0.29, 0.717) is 17.1 Å². The van der Waals surface area contributed by atoms with Crippen molar-refractivity contribution in [3.05, 3.63) is 70.2 Å². The first kappa shape index (κ1) is 24.6. The number of carbonyl (C=O) groups is 3. The van der Waals surface area contributed by atoms with Crippen LogP contribution in [0.15, 0.2) is 48.5 Å². The van der Waals surface area contributed by atoms with Crippen molar-refractivity contribution in [3.63, 3.8) is 0 Å². The van der Waals surface area contributed by atoms with Gasteiger partial charge in [0.2, 0.25) is 11.8 Å². The van der Waals surface area contributed by atoms with Gasteiger partial charge in [0.1, 0.15) is 17.5 Å². The Hall–Kier alpha value is -2.51. The Balaban J connectivity index is 1.51. The number of carbonyl (C=O) groups excluding carboxylic acids is 3. The van der Waals surface area contributed by atoms with Gasteiger partial charge < -0.3 is 15.5 Å². The second-order valence-electron chi connectivity index (χ2n) is 9.49. The van der Waals surface area contributed by atoms with Crippen LogP contribution >= 0.6 is 23.4 Å². The first-order valence-electron chi connectivity index (χ1n) is 11.6. The standard InChI is InChI=1S/C26H30ClN3O3S/c1-5-15(2)20(22(31)28-14-16-10-12-17(27)13-11-16)29-23(32)21-26(3,4)34-25-19-9-7-6-8-18(19)24(33)30(21)25/h6-13,15,20-21,25H,5,14H2,1-4H3,(H,28,31)(H,29,32)/t15-,20-,21+,25+/m0/s1. The van der Waals surface area contributed by atoms with Crippen LogP contribution in [0.3, 0.4) is 0 Å². The van der Waals surface area contributed by atoms with Gasteiger partial charge in [-0.15, -0.1) is 11.8 Å². The number of nitrogens with one attached hydrogen (secondary N) is 2. The number of thioether (sulfide) groups is 1. The molecule has 0 aliphatic carbocycles. The summed E-state index contributed by atoms with van der Waals surface area (Å²) in [5.74, 6) is -0.749. The molecule has 1 fully saturated rings. The van der Waals surface area contributed by atoms with Crippen molar-refractivity contribution in [1.82, 2.24) is 15.5 Å². The van der Waals surface area contributed by atoms with Crippen LogP contribution in [0.4, 0.5) is 0 Å². The SMILES string of the molecule is CC[C@H](C)[C@H](NC(=O)[C@H]1N2C(=O)c3ccccc3[C@H]2SC1(C)C)C(=O)NCc1ccc(Cl)cc1. The first-order chi connectivity index (χ1) is 16.1. The van der Waals surface area contributed by atoms with E-state index in [4.69, 9.17) is 11.6 Å². The molecule has 180 valence electrons. The Bertz CT molecular complexity index is 1100. The molecule has 0 spiro atoms. The molecule has 4 atom stereocenters. The van der Waals surface area contributed by atoms with Gasteiger partial charge in [-0.25, -0.2) is 0 Å². The second kappa shape index (κ2) is 9.62. The molecule has 34 heavy (non-hydrogen) atoms. The maximum Gasteiger partial charge on any atom is 0.256 e. The predicted octanol–water partition coefficient (Wildman–Crippen LogP) is 4.54. The van der Waals surface area contributed by atoms with Gasteiger partial charge in [-0.3, -0.25) is 14.4 Å². The van der Waals surface area contributed by atoms with Crippen molar-refractivity contribution in [2.24, 2.45) is 5.92 Å². The van der Waals surface area contributed by atoms with Crippen molar-refractivity contribution < 1.29 is 14.4 Å². The molecular formula is C26H30ClN3O3S. The zero-order chi connectivity index (χ0) is 24.6. The fraction of sp³-hybridized carbons (Fsp3) is 0.423. The van der Waals surface area contributed by atoms with Gasteiger partial charge in [-0.1, -0.05) is 62.2 Å².